The number of sulfonamides is 1. The van der Waals surface area contributed by atoms with Gasteiger partial charge in [0.2, 0.25) is 11.8 Å². The Bertz CT molecular complexity index is 1360. The third-order valence-electron chi connectivity index (χ3n) is 6.72. The Balaban J connectivity index is 1.99. The lowest BCUT2D eigenvalue weighted by Gasteiger charge is -2.32. The van der Waals surface area contributed by atoms with Crippen molar-refractivity contribution in [2.75, 3.05) is 17.4 Å². The Kier molecular flexibility index (Phi) is 11.3. The van der Waals surface area contributed by atoms with Crippen LogP contribution in [0.3, 0.4) is 0 Å². The molecular weight excluding hydrogens is 590 g/mol. The third kappa shape index (κ3) is 8.17. The number of hydrogen-bond donors (Lipinski definition) is 1. The molecule has 1 N–H and O–H groups in total. The number of anilines is 1. The average molecular weight is 629 g/mol. The van der Waals surface area contributed by atoms with E-state index < -0.39 is 28.5 Å². The predicted octanol–water partition coefficient (Wildman–Crippen LogP) is 6.10. The van der Waals surface area contributed by atoms with Crippen LogP contribution in [0.4, 0.5) is 5.69 Å². The van der Waals surface area contributed by atoms with Crippen LogP contribution in [0.5, 0.6) is 0 Å². The van der Waals surface area contributed by atoms with Gasteiger partial charge in [-0.3, -0.25) is 13.9 Å². The average Bonchev–Trinajstić information content (AvgIpc) is 2.95. The predicted molar refractivity (Wildman–Crippen MR) is 164 cm³/mol. The standard InChI is InChI=1S/C31H38BrN3O4S/c1-5-6-20-33-31(37)24(4)34(21-25-12-16-27(32)17-13-25)30(36)22-35(28-18-14-26(15-19-28)23(2)3)40(38,39)29-10-8-7-9-11-29/h7-19,23-24H,5-6,20-22H2,1-4H3,(H,33,37). The fourth-order valence-corrected chi connectivity index (χ4v) is 5.88. The molecule has 0 saturated carbocycles. The quantitative estimate of drug-likeness (QED) is 0.232. The smallest absolute Gasteiger partial charge is 0.264 e. The van der Waals surface area contributed by atoms with Gasteiger partial charge >= 0.3 is 0 Å². The summed E-state index contributed by atoms with van der Waals surface area (Å²) < 4.78 is 29.7. The first-order chi connectivity index (χ1) is 19.0. The lowest BCUT2D eigenvalue weighted by Crippen LogP contribution is -2.51. The summed E-state index contributed by atoms with van der Waals surface area (Å²) in [5.74, 6) is -0.491. The fraction of sp³-hybridized carbons (Fsp3) is 0.355. The van der Waals surface area contributed by atoms with Crippen molar-refractivity contribution in [3.8, 4) is 0 Å². The number of halogens is 1. The van der Waals surface area contributed by atoms with Gasteiger partial charge in [-0.2, -0.15) is 0 Å². The second-order valence-electron chi connectivity index (χ2n) is 10.0. The number of nitrogens with zero attached hydrogens (tertiary/aromatic N) is 2. The first-order valence-corrected chi connectivity index (χ1v) is 15.8. The summed E-state index contributed by atoms with van der Waals surface area (Å²) in [6.07, 6.45) is 1.76. The van der Waals surface area contributed by atoms with Gasteiger partial charge in [0.25, 0.3) is 10.0 Å². The Morgan fingerprint density at radius 2 is 1.52 bits per heavy atom. The molecule has 0 aliphatic rings. The number of nitrogens with one attached hydrogen (secondary N) is 1. The van der Waals surface area contributed by atoms with Crippen LogP contribution in [0.15, 0.2) is 88.2 Å². The normalized spacial score (nSPS) is 12.2. The van der Waals surface area contributed by atoms with Crippen LogP contribution in [0.1, 0.15) is 57.6 Å². The van der Waals surface area contributed by atoms with Gasteiger partial charge in [0, 0.05) is 17.6 Å². The molecule has 0 spiro atoms. The molecule has 0 aromatic heterocycles. The SMILES string of the molecule is CCCCNC(=O)C(C)N(Cc1ccc(Br)cc1)C(=O)CN(c1ccc(C(C)C)cc1)S(=O)(=O)c1ccccc1. The van der Waals surface area contributed by atoms with Gasteiger partial charge in [0.1, 0.15) is 12.6 Å². The largest absolute Gasteiger partial charge is 0.354 e. The maximum absolute atomic E-state index is 14.0. The van der Waals surface area contributed by atoms with Crippen molar-refractivity contribution in [1.82, 2.24) is 10.2 Å². The summed E-state index contributed by atoms with van der Waals surface area (Å²) in [4.78, 5) is 28.5. The van der Waals surface area contributed by atoms with Crippen molar-refractivity contribution in [2.24, 2.45) is 0 Å². The van der Waals surface area contributed by atoms with E-state index in [1.165, 1.54) is 17.0 Å². The highest BCUT2D eigenvalue weighted by Gasteiger charge is 2.32. The molecule has 0 fully saturated rings. The summed E-state index contributed by atoms with van der Waals surface area (Å²) in [6, 6.07) is 21.9. The number of benzene rings is 3. The highest BCUT2D eigenvalue weighted by Crippen LogP contribution is 2.26. The van der Waals surface area contributed by atoms with Crippen LogP contribution in [0.2, 0.25) is 0 Å². The second-order valence-corrected chi connectivity index (χ2v) is 12.8. The molecule has 7 nitrogen and oxygen atoms in total. The van der Waals surface area contributed by atoms with Crippen molar-refractivity contribution in [2.45, 2.75) is 63.9 Å². The van der Waals surface area contributed by atoms with E-state index in [0.717, 1.165) is 32.7 Å². The summed E-state index contributed by atoms with van der Waals surface area (Å²) >= 11 is 3.43. The lowest BCUT2D eigenvalue weighted by atomic mass is 10.0. The van der Waals surface area contributed by atoms with Crippen LogP contribution in [0.25, 0.3) is 0 Å². The van der Waals surface area contributed by atoms with Gasteiger partial charge in [0.05, 0.1) is 10.6 Å². The first-order valence-electron chi connectivity index (χ1n) is 13.5. The van der Waals surface area contributed by atoms with Gasteiger partial charge in [-0.1, -0.05) is 85.6 Å². The van der Waals surface area contributed by atoms with E-state index in [-0.39, 0.29) is 23.3 Å². The minimum Gasteiger partial charge on any atom is -0.354 e. The number of carbonyl (C=O) groups excluding carboxylic acids is 2. The van der Waals surface area contributed by atoms with E-state index in [4.69, 9.17) is 0 Å². The molecule has 3 rings (SSSR count). The molecule has 3 aromatic carbocycles. The van der Waals surface area contributed by atoms with E-state index in [0.29, 0.717) is 12.2 Å². The summed E-state index contributed by atoms with van der Waals surface area (Å²) in [6.45, 7) is 8.03. The number of hydrogen-bond acceptors (Lipinski definition) is 4. The lowest BCUT2D eigenvalue weighted by molar-refractivity contribution is -0.139. The van der Waals surface area contributed by atoms with Crippen molar-refractivity contribution < 1.29 is 18.0 Å². The van der Waals surface area contributed by atoms with Crippen LogP contribution in [-0.2, 0) is 26.2 Å². The molecule has 2 amide bonds. The van der Waals surface area contributed by atoms with Crippen LogP contribution < -0.4 is 9.62 Å². The molecule has 9 heteroatoms. The molecule has 0 radical (unpaired) electrons. The van der Waals surface area contributed by atoms with Crippen LogP contribution >= 0.6 is 15.9 Å². The summed E-state index contributed by atoms with van der Waals surface area (Å²) in [5, 5.41) is 2.90. The van der Waals surface area contributed by atoms with Crippen molar-refractivity contribution >= 4 is 43.5 Å². The van der Waals surface area contributed by atoms with Gasteiger partial charge in [-0.15, -0.1) is 0 Å². The van der Waals surface area contributed by atoms with Crippen molar-refractivity contribution in [1.29, 1.82) is 0 Å². The van der Waals surface area contributed by atoms with E-state index in [1.54, 1.807) is 37.3 Å². The molecule has 0 aliphatic carbocycles. The number of rotatable bonds is 13. The molecule has 0 saturated heterocycles. The molecule has 3 aromatic rings. The highest BCUT2D eigenvalue weighted by molar-refractivity contribution is 9.10. The van der Waals surface area contributed by atoms with Crippen LogP contribution in [-0.4, -0.2) is 44.3 Å². The highest BCUT2D eigenvalue weighted by atomic mass is 79.9. The van der Waals surface area contributed by atoms with Crippen molar-refractivity contribution in [3.63, 3.8) is 0 Å². The summed E-state index contributed by atoms with van der Waals surface area (Å²) in [7, 11) is -4.08. The van der Waals surface area contributed by atoms with E-state index >= 15 is 0 Å². The topological polar surface area (TPSA) is 86.8 Å². The zero-order valence-corrected chi connectivity index (χ0v) is 25.9. The van der Waals surface area contributed by atoms with Gasteiger partial charge in [-0.25, -0.2) is 8.42 Å². The maximum Gasteiger partial charge on any atom is 0.264 e. The molecule has 214 valence electrons. The second kappa shape index (κ2) is 14.5. The molecular formula is C31H38BrN3O4S. The van der Waals surface area contributed by atoms with E-state index in [9.17, 15) is 18.0 Å². The molecule has 40 heavy (non-hydrogen) atoms. The first kappa shape index (κ1) is 31.4. The third-order valence-corrected chi connectivity index (χ3v) is 9.04. The fourth-order valence-electron chi connectivity index (χ4n) is 4.18. The number of unbranched alkanes of at least 4 members (excludes halogenated alkanes) is 1. The van der Waals surface area contributed by atoms with Gasteiger partial charge in [-0.05, 0) is 66.8 Å². The Hall–Kier alpha value is -3.17. The Morgan fingerprint density at radius 3 is 2.10 bits per heavy atom. The summed E-state index contributed by atoms with van der Waals surface area (Å²) in [5.41, 5.74) is 2.26. The van der Waals surface area contributed by atoms with Crippen LogP contribution in [0, 0.1) is 0 Å². The molecule has 0 heterocycles. The van der Waals surface area contributed by atoms with E-state index in [1.807, 2.05) is 43.3 Å². The zero-order valence-electron chi connectivity index (χ0n) is 23.5. The van der Waals surface area contributed by atoms with Gasteiger partial charge < -0.3 is 10.2 Å². The Morgan fingerprint density at radius 1 is 0.900 bits per heavy atom. The minimum absolute atomic E-state index is 0.0838. The monoisotopic (exact) mass is 627 g/mol. The number of amides is 2. The van der Waals surface area contributed by atoms with Crippen molar-refractivity contribution in [3.05, 3.63) is 94.5 Å². The van der Waals surface area contributed by atoms with E-state index in [2.05, 4.69) is 35.1 Å². The Labute approximate surface area is 246 Å². The minimum atomic E-state index is -4.08. The maximum atomic E-state index is 14.0. The van der Waals surface area contributed by atoms with Gasteiger partial charge in [0.15, 0.2) is 0 Å². The molecule has 1 unspecified atom stereocenters. The molecule has 1 atom stereocenters. The number of carbonyl (C=O) groups is 2. The molecule has 0 bridgehead atoms. The molecule has 0 aliphatic heterocycles. The zero-order chi connectivity index (χ0) is 29.3.